The second kappa shape index (κ2) is 12.8. The number of hydrogen-bond donors (Lipinski definition) is 1. The van der Waals surface area contributed by atoms with Gasteiger partial charge in [-0.1, -0.05) is 68.3 Å². The van der Waals surface area contributed by atoms with E-state index in [1.54, 1.807) is 35.2 Å². The fourth-order valence-corrected chi connectivity index (χ4v) is 5.79. The van der Waals surface area contributed by atoms with Gasteiger partial charge in [0, 0.05) is 32.6 Å². The fraction of sp³-hybridized carbons (Fsp3) is 0.481. The summed E-state index contributed by atoms with van der Waals surface area (Å²) in [6.07, 6.45) is 5.25. The molecular weight excluding hydrogens is 462 g/mol. The van der Waals surface area contributed by atoms with Crippen LogP contribution < -0.4 is 5.32 Å². The Morgan fingerprint density at radius 3 is 2.20 bits per heavy atom. The number of carbonyl (C=O) groups excluding carboxylic acids is 2. The van der Waals surface area contributed by atoms with Gasteiger partial charge >= 0.3 is 0 Å². The first-order chi connectivity index (χ1) is 16.8. The van der Waals surface area contributed by atoms with E-state index in [4.69, 9.17) is 0 Å². The van der Waals surface area contributed by atoms with Crippen LogP contribution in [-0.2, 0) is 26.2 Å². The minimum Gasteiger partial charge on any atom is -0.352 e. The highest BCUT2D eigenvalue weighted by Crippen LogP contribution is 2.20. The SMILES string of the molecule is CCC(C(=O)NC1CCCC1)N(Cc1ccccc1)C(=O)CCCN(C)S(=O)(=O)c1ccccc1. The molecule has 0 spiro atoms. The van der Waals surface area contributed by atoms with Crippen molar-refractivity contribution in [3.8, 4) is 0 Å². The topological polar surface area (TPSA) is 86.8 Å². The van der Waals surface area contributed by atoms with Gasteiger partial charge in [-0.25, -0.2) is 12.7 Å². The molecule has 1 unspecified atom stereocenters. The molecule has 0 aromatic heterocycles. The molecule has 1 saturated carbocycles. The molecule has 0 saturated heterocycles. The molecular formula is C27H37N3O4S. The van der Waals surface area contributed by atoms with Crippen molar-refractivity contribution in [2.75, 3.05) is 13.6 Å². The molecule has 35 heavy (non-hydrogen) atoms. The zero-order valence-electron chi connectivity index (χ0n) is 20.7. The molecule has 8 heteroatoms. The Labute approximate surface area is 209 Å². The molecule has 0 aliphatic heterocycles. The summed E-state index contributed by atoms with van der Waals surface area (Å²) in [5.41, 5.74) is 0.955. The fourth-order valence-electron chi connectivity index (χ4n) is 4.56. The molecule has 2 aromatic carbocycles. The molecule has 1 N–H and O–H groups in total. The van der Waals surface area contributed by atoms with E-state index < -0.39 is 16.1 Å². The lowest BCUT2D eigenvalue weighted by Crippen LogP contribution is -2.51. The van der Waals surface area contributed by atoms with E-state index in [0.29, 0.717) is 19.4 Å². The smallest absolute Gasteiger partial charge is 0.243 e. The average Bonchev–Trinajstić information content (AvgIpc) is 3.38. The monoisotopic (exact) mass is 499 g/mol. The number of amides is 2. The maximum absolute atomic E-state index is 13.4. The minimum absolute atomic E-state index is 0.104. The summed E-state index contributed by atoms with van der Waals surface area (Å²) >= 11 is 0. The van der Waals surface area contributed by atoms with E-state index in [9.17, 15) is 18.0 Å². The summed E-state index contributed by atoms with van der Waals surface area (Å²) in [6, 6.07) is 17.5. The third-order valence-corrected chi connectivity index (χ3v) is 8.47. The molecule has 0 bridgehead atoms. The predicted molar refractivity (Wildman–Crippen MR) is 137 cm³/mol. The summed E-state index contributed by atoms with van der Waals surface area (Å²) in [7, 11) is -2.08. The largest absolute Gasteiger partial charge is 0.352 e. The van der Waals surface area contributed by atoms with Gasteiger partial charge in [0.25, 0.3) is 0 Å². The minimum atomic E-state index is -3.61. The second-order valence-electron chi connectivity index (χ2n) is 9.16. The van der Waals surface area contributed by atoms with Crippen LogP contribution in [0.5, 0.6) is 0 Å². The van der Waals surface area contributed by atoms with Crippen molar-refractivity contribution >= 4 is 21.8 Å². The van der Waals surface area contributed by atoms with Gasteiger partial charge in [-0.3, -0.25) is 9.59 Å². The zero-order chi connectivity index (χ0) is 25.3. The molecule has 1 fully saturated rings. The quantitative estimate of drug-likeness (QED) is 0.479. The maximum Gasteiger partial charge on any atom is 0.243 e. The Hall–Kier alpha value is -2.71. The highest BCUT2D eigenvalue weighted by atomic mass is 32.2. The van der Waals surface area contributed by atoms with E-state index in [-0.39, 0.29) is 35.7 Å². The molecule has 1 aliphatic rings. The highest BCUT2D eigenvalue weighted by molar-refractivity contribution is 7.89. The third kappa shape index (κ3) is 7.39. The van der Waals surface area contributed by atoms with Crippen molar-refractivity contribution in [2.45, 2.75) is 75.4 Å². The van der Waals surface area contributed by atoms with Crippen LogP contribution in [0.25, 0.3) is 0 Å². The Morgan fingerprint density at radius 1 is 1.00 bits per heavy atom. The van der Waals surface area contributed by atoms with Crippen molar-refractivity contribution < 1.29 is 18.0 Å². The average molecular weight is 500 g/mol. The summed E-state index contributed by atoms with van der Waals surface area (Å²) in [5.74, 6) is -0.250. The number of sulfonamides is 1. The number of nitrogens with zero attached hydrogens (tertiary/aromatic N) is 2. The van der Waals surface area contributed by atoms with Gasteiger partial charge in [-0.05, 0) is 43.4 Å². The molecule has 0 heterocycles. The van der Waals surface area contributed by atoms with Crippen molar-refractivity contribution in [3.05, 3.63) is 66.2 Å². The van der Waals surface area contributed by atoms with Crippen molar-refractivity contribution in [1.82, 2.24) is 14.5 Å². The van der Waals surface area contributed by atoms with Gasteiger partial charge in [0.1, 0.15) is 6.04 Å². The van der Waals surface area contributed by atoms with Crippen LogP contribution in [-0.4, -0.2) is 55.1 Å². The van der Waals surface area contributed by atoms with Crippen LogP contribution in [0.3, 0.4) is 0 Å². The highest BCUT2D eigenvalue weighted by Gasteiger charge is 2.30. The van der Waals surface area contributed by atoms with E-state index in [1.165, 1.54) is 11.4 Å². The molecule has 1 atom stereocenters. The Morgan fingerprint density at radius 2 is 1.60 bits per heavy atom. The first-order valence-electron chi connectivity index (χ1n) is 12.5. The van der Waals surface area contributed by atoms with Crippen molar-refractivity contribution in [3.63, 3.8) is 0 Å². The first kappa shape index (κ1) is 26.9. The lowest BCUT2D eigenvalue weighted by molar-refractivity contribution is -0.141. The summed E-state index contributed by atoms with van der Waals surface area (Å²) in [6.45, 7) is 2.48. The maximum atomic E-state index is 13.4. The standard InChI is InChI=1S/C27H37N3O4S/c1-3-25(27(32)28-23-15-10-11-16-23)30(21-22-13-6-4-7-14-22)26(31)19-12-20-29(2)35(33,34)24-17-8-5-9-18-24/h4-9,13-14,17-18,23,25H,3,10-12,15-16,19-21H2,1-2H3,(H,28,32). The number of hydrogen-bond acceptors (Lipinski definition) is 4. The zero-order valence-corrected chi connectivity index (χ0v) is 21.5. The molecule has 7 nitrogen and oxygen atoms in total. The number of rotatable bonds is 12. The molecule has 2 aromatic rings. The van der Waals surface area contributed by atoms with Gasteiger partial charge in [-0.15, -0.1) is 0 Å². The summed E-state index contributed by atoms with van der Waals surface area (Å²) < 4.78 is 26.8. The lowest BCUT2D eigenvalue weighted by atomic mass is 10.1. The van der Waals surface area contributed by atoms with Crippen LogP contribution in [0.15, 0.2) is 65.6 Å². The van der Waals surface area contributed by atoms with E-state index in [0.717, 1.165) is 31.2 Å². The second-order valence-corrected chi connectivity index (χ2v) is 11.2. The lowest BCUT2D eigenvalue weighted by Gasteiger charge is -2.31. The van der Waals surface area contributed by atoms with Crippen molar-refractivity contribution in [1.29, 1.82) is 0 Å². The number of benzene rings is 2. The van der Waals surface area contributed by atoms with Crippen LogP contribution in [0.1, 0.15) is 57.4 Å². The van der Waals surface area contributed by atoms with E-state index in [2.05, 4.69) is 5.32 Å². The predicted octanol–water partition coefficient (Wildman–Crippen LogP) is 3.95. The summed E-state index contributed by atoms with van der Waals surface area (Å²) in [5, 5.41) is 3.14. The molecule has 3 rings (SSSR count). The summed E-state index contributed by atoms with van der Waals surface area (Å²) in [4.78, 5) is 28.4. The molecule has 1 aliphatic carbocycles. The van der Waals surface area contributed by atoms with Gasteiger partial charge < -0.3 is 10.2 Å². The van der Waals surface area contributed by atoms with Crippen LogP contribution in [0, 0.1) is 0 Å². The van der Waals surface area contributed by atoms with E-state index >= 15 is 0 Å². The normalized spacial score (nSPS) is 15.2. The van der Waals surface area contributed by atoms with Crippen LogP contribution >= 0.6 is 0 Å². The van der Waals surface area contributed by atoms with E-state index in [1.807, 2.05) is 37.3 Å². The molecule has 190 valence electrons. The van der Waals surface area contributed by atoms with Crippen LogP contribution in [0.2, 0.25) is 0 Å². The number of nitrogens with one attached hydrogen (secondary N) is 1. The Balaban J connectivity index is 1.66. The molecule has 0 radical (unpaired) electrons. The van der Waals surface area contributed by atoms with Crippen molar-refractivity contribution in [2.24, 2.45) is 0 Å². The molecule has 2 amide bonds. The Bertz CT molecular complexity index is 1050. The third-order valence-electron chi connectivity index (χ3n) is 6.60. The van der Waals surface area contributed by atoms with Gasteiger partial charge in [0.2, 0.25) is 21.8 Å². The first-order valence-corrected chi connectivity index (χ1v) is 13.9. The number of carbonyl (C=O) groups is 2. The Kier molecular flexibility index (Phi) is 9.86. The van der Waals surface area contributed by atoms with Gasteiger partial charge in [-0.2, -0.15) is 0 Å². The van der Waals surface area contributed by atoms with Gasteiger partial charge in [0.15, 0.2) is 0 Å². The van der Waals surface area contributed by atoms with Crippen LogP contribution in [0.4, 0.5) is 0 Å². The van der Waals surface area contributed by atoms with Gasteiger partial charge in [0.05, 0.1) is 4.90 Å².